The van der Waals surface area contributed by atoms with E-state index in [9.17, 15) is 0 Å². The molecule has 0 aliphatic rings. The summed E-state index contributed by atoms with van der Waals surface area (Å²) in [5.41, 5.74) is 6.45. The fourth-order valence-electron chi connectivity index (χ4n) is 3.08. The molecular weight excluding hydrogens is 3520 g/mol. The van der Waals surface area contributed by atoms with E-state index in [-0.39, 0.29) is 1010 Å². The van der Waals surface area contributed by atoms with Gasteiger partial charge in [-0.05, 0) is 52.3 Å². The minimum absolute atomic E-state index is 0. The predicted molar refractivity (Wildman–Crippen MR) is 265 cm³/mol. The molecule has 7 aromatic rings. The zero-order valence-electron chi connectivity index (χ0n) is 59.9. The molecule has 5 heterocycles. The van der Waals surface area contributed by atoms with Crippen molar-refractivity contribution in [1.82, 2.24) is 54.8 Å². The van der Waals surface area contributed by atoms with Crippen LogP contribution in [-0.2, 0) is 1010 Å². The third kappa shape index (κ3) is 206. The summed E-state index contributed by atoms with van der Waals surface area (Å²) in [5, 5.41) is 0. The molecule has 7 rings (SSSR count). The van der Waals surface area contributed by atoms with Crippen molar-refractivity contribution in [1.29, 1.82) is 0 Å². The van der Waals surface area contributed by atoms with E-state index in [0.29, 0.717) is 0 Å². The van der Waals surface area contributed by atoms with Gasteiger partial charge in [0.15, 0.2) is 0 Å². The van der Waals surface area contributed by atoms with Crippen LogP contribution < -0.4 is 0 Å². The average Bonchev–Trinajstić information content (AvgIpc) is 3.36. The van der Waals surface area contributed by atoms with Gasteiger partial charge in [0.1, 0.15) is 37.0 Å². The standard InChI is InChI=1S/C13H10.4C5H6N2.C4H5N3.7C2H6.31Y/c1-11-6-5-9-13(10-11)12-7-3-2-4-8-12;1-5-2-6-4-7-3-5;1-5-4-6-2-3-7-5;1-5-2-3-6-4-7-5;1-5-6-3-2-4-7-5;1-4-6-2-5-3-7-4;7*1-2;;;;;;;;;;;;;;;;;;;;;;;;;;;;;;;/h2-7,9H,1H3;4*2-4H,1H3;2-3H,1H3;7*1-2H3;;;;;;;;;;;;;;;;;;;;;;;;;;;;;;;/q-2;;;;;;;;;;;;;;;;;;;;;;;;;;;;;;;;;;;;;;;;;;;. The van der Waals surface area contributed by atoms with Crippen molar-refractivity contribution in [3.8, 4) is 11.1 Å². The van der Waals surface area contributed by atoms with Crippen molar-refractivity contribution >= 4 is 0 Å². The molecule has 93 heavy (non-hydrogen) atoms. The van der Waals surface area contributed by atoms with Crippen molar-refractivity contribution in [2.45, 2.75) is 138 Å². The maximum absolute atomic E-state index is 3.92. The first-order valence-corrected chi connectivity index (χ1v) is 21.8. The van der Waals surface area contributed by atoms with Crippen molar-refractivity contribution < 1.29 is 1010 Å². The molecule has 5 aromatic heterocycles. The molecule has 0 atom stereocenters. The van der Waals surface area contributed by atoms with Gasteiger partial charge in [0.2, 0.25) is 0 Å². The summed E-state index contributed by atoms with van der Waals surface area (Å²) >= 11 is 0. The van der Waals surface area contributed by atoms with E-state index in [4.69, 9.17) is 0 Å². The van der Waals surface area contributed by atoms with Gasteiger partial charge in [-0.1, -0.05) is 104 Å². The van der Waals surface area contributed by atoms with E-state index in [2.05, 4.69) is 73.0 Å². The zero-order valence-corrected chi connectivity index (χ0v) is 148. The van der Waals surface area contributed by atoms with E-state index >= 15 is 0 Å². The predicted octanol–water partition coefficient (Wildman–Crippen LogP) is 13.7. The Morgan fingerprint density at radius 3 is 0.806 bits per heavy atom. The number of aryl methyl sites for hydroxylation is 6. The van der Waals surface area contributed by atoms with Crippen LogP contribution in [0.2, 0.25) is 0 Å². The Morgan fingerprint density at radius 2 is 0.602 bits per heavy atom. The summed E-state index contributed by atoms with van der Waals surface area (Å²) in [5.74, 6) is 1.58. The number of nitrogens with zero attached hydrogens (tertiary/aromatic N) is 11. The first kappa shape index (κ1) is 247. The molecule has 0 aliphatic carbocycles. The molecule has 0 fully saturated rings. The van der Waals surface area contributed by atoms with Crippen LogP contribution in [0.1, 0.15) is 131 Å². The molecule has 11 nitrogen and oxygen atoms in total. The van der Waals surface area contributed by atoms with Crippen molar-refractivity contribution in [3.63, 3.8) is 0 Å². The van der Waals surface area contributed by atoms with Gasteiger partial charge >= 0.3 is 0 Å². The molecule has 42 heteroatoms. The second-order valence-electron chi connectivity index (χ2n) is 9.62. The Hall–Kier alpha value is 28.0. The Balaban J connectivity index is -0.0000000105. The van der Waals surface area contributed by atoms with Gasteiger partial charge in [0.05, 0.1) is 5.69 Å². The zero-order chi connectivity index (χ0) is 48.7. The Labute approximate surface area is 1350 Å². The number of aromatic nitrogens is 11. The van der Waals surface area contributed by atoms with Crippen molar-refractivity contribution in [3.05, 3.63) is 176 Å². The van der Waals surface area contributed by atoms with E-state index in [1.54, 1.807) is 55.6 Å². The molecule has 0 unspecified atom stereocenters. The van der Waals surface area contributed by atoms with Crippen LogP contribution >= 0.6 is 0 Å². The molecule has 31 radical (unpaired) electrons. The fourth-order valence-corrected chi connectivity index (χ4v) is 3.08. The van der Waals surface area contributed by atoms with Crippen LogP contribution in [0.5, 0.6) is 0 Å². The molecule has 0 aliphatic heterocycles. The molecule has 0 saturated heterocycles. The summed E-state index contributed by atoms with van der Waals surface area (Å²) in [6.45, 7) is 39.5. The minimum Gasteiger partial charge on any atom is -0.261 e. The molecule has 0 bridgehead atoms. The largest absolute Gasteiger partial charge is 0.261 e. The number of hydrogen-bond donors (Lipinski definition) is 0. The second-order valence-corrected chi connectivity index (χ2v) is 9.62. The summed E-state index contributed by atoms with van der Waals surface area (Å²) in [6, 6.07) is 24.2. The first-order chi connectivity index (χ1) is 30.3. The van der Waals surface area contributed by atoms with Gasteiger partial charge in [-0.15, -0.1) is 17.7 Å². The van der Waals surface area contributed by atoms with E-state index < -0.39 is 0 Å². The molecule has 2 aromatic carbocycles. The van der Waals surface area contributed by atoms with E-state index in [1.807, 2.05) is 181 Å². The second kappa shape index (κ2) is 230. The Kier molecular flexibility index (Phi) is 610. The molecule has 435 valence electrons. The summed E-state index contributed by atoms with van der Waals surface area (Å²) in [4.78, 5) is 41.8. The third-order valence-electron chi connectivity index (χ3n) is 5.37. The number of hydrogen-bond acceptors (Lipinski definition) is 11. The van der Waals surface area contributed by atoms with Crippen LogP contribution in [0.25, 0.3) is 11.1 Å². The topological polar surface area (TPSA) is 142 Å². The Morgan fingerprint density at radius 1 is 0.247 bits per heavy atom. The normalized spacial score (nSPS) is 5.12. The smallest absolute Gasteiger partial charge is 0.128 e. The van der Waals surface area contributed by atoms with Gasteiger partial charge in [-0.25, -0.2) is 56.0 Å². The van der Waals surface area contributed by atoms with Crippen molar-refractivity contribution in [2.24, 2.45) is 0 Å². The first-order valence-electron chi connectivity index (χ1n) is 21.8. The summed E-state index contributed by atoms with van der Waals surface area (Å²) in [6.07, 6.45) is 19.8. The molecule has 0 amide bonds. The van der Waals surface area contributed by atoms with Crippen molar-refractivity contribution in [2.75, 3.05) is 0 Å². The third-order valence-corrected chi connectivity index (χ3v) is 5.37. The van der Waals surface area contributed by atoms with Crippen LogP contribution in [0, 0.1) is 53.7 Å². The van der Waals surface area contributed by atoms with Crippen LogP contribution in [0.15, 0.2) is 129 Å². The van der Waals surface area contributed by atoms with Gasteiger partial charge < -0.3 is 0 Å². The maximum Gasteiger partial charge on any atom is 0.128 e. The van der Waals surface area contributed by atoms with E-state index in [0.717, 1.165) is 45.3 Å². The molecule has 0 saturated carbocycles. The van der Waals surface area contributed by atoms with Crippen LogP contribution in [0.4, 0.5) is 0 Å². The van der Waals surface area contributed by atoms with Gasteiger partial charge in [-0.2, -0.15) is 42.5 Å². The fraction of sp³-hybridized carbons (Fsp3) is 0.392. The van der Waals surface area contributed by atoms with Gasteiger partial charge in [0.25, 0.3) is 0 Å². The number of rotatable bonds is 1. The van der Waals surface area contributed by atoms with Gasteiger partial charge in [0, 0.05) is 1070 Å². The SMILES string of the molecule is CC.CC.CC.CC.CC.CC.CC.Cc1[c-]c(-c2[c-]cccc2)ccc1.Cc1ccncn1.Cc1cnccn1.Cc1cncnc1.Cc1ncccn1.Cc1ncncn1.[Y].[Y].[Y].[Y].[Y].[Y].[Y].[Y].[Y].[Y].[Y].[Y].[Y].[Y].[Y].[Y].[Y].[Y].[Y].[Y].[Y].[Y].[Y].[Y].[Y].[Y].[Y].[Y].[Y].[Y].[Y]. The molecule has 0 N–H and O–H groups in total. The van der Waals surface area contributed by atoms with E-state index in [1.165, 1.54) is 25.3 Å². The monoisotopic (exact) mass is 3600 g/mol. The quantitative estimate of drug-likeness (QED) is 0.145. The van der Waals surface area contributed by atoms with Gasteiger partial charge in [-0.3, -0.25) is 9.97 Å². The summed E-state index contributed by atoms with van der Waals surface area (Å²) < 4.78 is 0. The summed E-state index contributed by atoms with van der Waals surface area (Å²) in [7, 11) is 0. The average molecular weight is 3600 g/mol. The molecular formula is C51H81N11Y31-2. The van der Waals surface area contributed by atoms with Crippen LogP contribution in [0.3, 0.4) is 0 Å². The Bertz CT molecular complexity index is 1620. The molecule has 0 spiro atoms. The number of benzene rings is 2. The van der Waals surface area contributed by atoms with Crippen LogP contribution in [-0.4, -0.2) is 54.8 Å². The minimum atomic E-state index is 0. The maximum atomic E-state index is 3.92.